The molecule has 6 unspecified atom stereocenters. The van der Waals surface area contributed by atoms with Crippen LogP contribution in [0.15, 0.2) is 102 Å². The molecule has 2 aliphatic heterocycles. The number of imide groups is 2. The predicted octanol–water partition coefficient (Wildman–Crippen LogP) is 6.48. The lowest BCUT2D eigenvalue weighted by Crippen LogP contribution is -2.53. The van der Waals surface area contributed by atoms with Gasteiger partial charge in [0.15, 0.2) is 11.5 Å². The zero-order valence-corrected chi connectivity index (χ0v) is 27.5. The van der Waals surface area contributed by atoms with Crippen LogP contribution in [-0.4, -0.2) is 40.7 Å². The van der Waals surface area contributed by atoms with Crippen LogP contribution in [0.1, 0.15) is 34.8 Å². The van der Waals surface area contributed by atoms with Crippen LogP contribution in [0.3, 0.4) is 0 Å². The van der Waals surface area contributed by atoms with E-state index in [1.807, 2.05) is 53.9 Å². The highest BCUT2D eigenvalue weighted by Crippen LogP contribution is 2.65. The lowest BCUT2D eigenvalue weighted by molar-refractivity contribution is -0.141. The molecule has 10 heteroatoms. The number of thiophene rings is 1. The minimum absolute atomic E-state index is 0.141. The number of para-hydroxylation sites is 1. The van der Waals surface area contributed by atoms with Crippen molar-refractivity contribution < 1.29 is 29.0 Å². The molecule has 3 aromatic carbocycles. The van der Waals surface area contributed by atoms with Crippen LogP contribution >= 0.6 is 22.9 Å². The minimum atomic E-state index is -1.48. The Morgan fingerprint density at radius 2 is 1.71 bits per heavy atom. The van der Waals surface area contributed by atoms with E-state index >= 15 is 4.79 Å². The van der Waals surface area contributed by atoms with Gasteiger partial charge in [-0.3, -0.25) is 24.1 Å². The summed E-state index contributed by atoms with van der Waals surface area (Å²) in [5.41, 5.74) is 0.675. The number of methoxy groups -OCH3 is 1. The van der Waals surface area contributed by atoms with Gasteiger partial charge in [0.1, 0.15) is 0 Å². The number of nitrogens with zero attached hydrogens (tertiary/aromatic N) is 2. The van der Waals surface area contributed by atoms with Crippen LogP contribution in [-0.2, 0) is 31.1 Å². The van der Waals surface area contributed by atoms with Gasteiger partial charge >= 0.3 is 0 Å². The number of rotatable bonds is 6. The van der Waals surface area contributed by atoms with Crippen LogP contribution in [0.2, 0.25) is 5.02 Å². The van der Waals surface area contributed by atoms with Gasteiger partial charge in [-0.2, -0.15) is 0 Å². The summed E-state index contributed by atoms with van der Waals surface area (Å²) in [6.45, 7) is 0.196. The average Bonchev–Trinajstić information content (AvgIpc) is 3.76. The number of aromatic hydroxyl groups is 1. The number of anilines is 1. The van der Waals surface area contributed by atoms with E-state index in [9.17, 15) is 19.5 Å². The van der Waals surface area contributed by atoms with E-state index in [0.717, 1.165) is 10.5 Å². The minimum Gasteiger partial charge on any atom is -0.504 e. The summed E-state index contributed by atoms with van der Waals surface area (Å²) in [6.07, 6.45) is 2.46. The van der Waals surface area contributed by atoms with Crippen LogP contribution in [0.4, 0.5) is 5.69 Å². The standard InChI is InChI=1S/C38H31ClN2O6S/c1-47-30-14-6-13-27(33(30)42)32-25-15-16-26-31(36(45)40(34(26)43)20-24-12-7-17-48-24)28(25)19-29-35(44)41(23-11-5-10-22(39)18-23)37(46)38(29,32)21-8-3-2-4-9-21/h2-15,17-18,26,28-29,31-32,42H,16,19-20H2,1H3. The van der Waals surface area contributed by atoms with Crippen molar-refractivity contribution in [2.45, 2.75) is 30.7 Å². The number of phenols is 1. The summed E-state index contributed by atoms with van der Waals surface area (Å²) >= 11 is 7.86. The van der Waals surface area contributed by atoms with Gasteiger partial charge in [-0.1, -0.05) is 77.8 Å². The SMILES string of the molecule is COc1cccc(C2C3=CCC4C(=O)N(Cc5cccs5)C(=O)C4C3CC3C(=O)N(c4cccc(Cl)c4)C(=O)C32c2ccccc2)c1O. The Hall–Kier alpha value is -4.73. The molecule has 2 aliphatic carbocycles. The van der Waals surface area contributed by atoms with E-state index in [2.05, 4.69) is 0 Å². The maximum atomic E-state index is 15.3. The van der Waals surface area contributed by atoms with Crippen molar-refractivity contribution in [3.63, 3.8) is 0 Å². The quantitative estimate of drug-likeness (QED) is 0.185. The molecule has 6 atom stereocenters. The normalized spacial score (nSPS) is 27.9. The van der Waals surface area contributed by atoms with Gasteiger partial charge in [-0.05, 0) is 60.0 Å². The van der Waals surface area contributed by atoms with Gasteiger partial charge in [-0.15, -0.1) is 11.3 Å². The van der Waals surface area contributed by atoms with Gasteiger partial charge < -0.3 is 9.84 Å². The fraction of sp³-hybridized carbons (Fsp3) is 0.263. The highest BCUT2D eigenvalue weighted by atomic mass is 35.5. The third-order valence-corrected chi connectivity index (χ3v) is 11.8. The monoisotopic (exact) mass is 678 g/mol. The summed E-state index contributed by atoms with van der Waals surface area (Å²) in [5.74, 6) is -4.83. The summed E-state index contributed by atoms with van der Waals surface area (Å²) < 4.78 is 5.53. The highest BCUT2D eigenvalue weighted by molar-refractivity contribution is 7.09. The summed E-state index contributed by atoms with van der Waals surface area (Å²) in [7, 11) is 1.46. The van der Waals surface area contributed by atoms with Crippen LogP contribution in [0, 0.1) is 23.7 Å². The molecule has 0 bridgehead atoms. The first-order chi connectivity index (χ1) is 23.3. The molecule has 4 aliphatic rings. The number of phenolic OH excluding ortho intramolecular Hbond substituents is 1. The number of benzene rings is 3. The number of fused-ring (bicyclic) bond motifs is 4. The summed E-state index contributed by atoms with van der Waals surface area (Å²) in [4.78, 5) is 61.7. The predicted molar refractivity (Wildman–Crippen MR) is 181 cm³/mol. The van der Waals surface area contributed by atoms with Crippen LogP contribution in [0.25, 0.3) is 0 Å². The molecule has 0 radical (unpaired) electrons. The largest absolute Gasteiger partial charge is 0.504 e. The lowest BCUT2D eigenvalue weighted by Gasteiger charge is -2.50. The molecule has 2 saturated heterocycles. The van der Waals surface area contributed by atoms with Crippen molar-refractivity contribution in [1.29, 1.82) is 0 Å². The first-order valence-corrected chi connectivity index (χ1v) is 17.2. The van der Waals surface area contributed by atoms with Crippen molar-refractivity contribution in [1.82, 2.24) is 4.90 Å². The highest BCUT2D eigenvalue weighted by Gasteiger charge is 2.70. The zero-order chi connectivity index (χ0) is 33.3. The van der Waals surface area contributed by atoms with Crippen molar-refractivity contribution in [3.05, 3.63) is 123 Å². The number of carbonyl (C=O) groups is 4. The van der Waals surface area contributed by atoms with Crippen molar-refractivity contribution in [3.8, 4) is 11.5 Å². The third-order valence-electron chi connectivity index (χ3n) is 10.7. The molecule has 4 aromatic rings. The van der Waals surface area contributed by atoms with E-state index in [0.29, 0.717) is 28.3 Å². The van der Waals surface area contributed by atoms with Crippen LogP contribution in [0.5, 0.6) is 11.5 Å². The Morgan fingerprint density at radius 1 is 0.917 bits per heavy atom. The van der Waals surface area contributed by atoms with E-state index in [4.69, 9.17) is 16.3 Å². The maximum absolute atomic E-state index is 15.3. The second kappa shape index (κ2) is 11.5. The van der Waals surface area contributed by atoms with E-state index in [-0.39, 0.29) is 36.3 Å². The average molecular weight is 679 g/mol. The maximum Gasteiger partial charge on any atom is 0.246 e. The molecule has 1 saturated carbocycles. The van der Waals surface area contributed by atoms with Crippen LogP contribution < -0.4 is 9.64 Å². The van der Waals surface area contributed by atoms with Gasteiger partial charge in [-0.25, -0.2) is 4.90 Å². The Morgan fingerprint density at radius 3 is 2.44 bits per heavy atom. The second-order valence-electron chi connectivity index (χ2n) is 12.8. The van der Waals surface area contributed by atoms with Gasteiger partial charge in [0, 0.05) is 21.4 Å². The number of likely N-dealkylation sites (tertiary alicyclic amines) is 1. The Labute approximate surface area is 286 Å². The Kier molecular flexibility index (Phi) is 7.30. The van der Waals surface area contributed by atoms with Gasteiger partial charge in [0.2, 0.25) is 23.6 Å². The summed E-state index contributed by atoms with van der Waals surface area (Å²) in [5, 5.41) is 14.0. The van der Waals surface area contributed by atoms with Crippen molar-refractivity contribution >= 4 is 52.3 Å². The molecule has 0 spiro atoms. The number of hydrogen-bond acceptors (Lipinski definition) is 7. The number of halogens is 1. The first kappa shape index (κ1) is 30.6. The van der Waals surface area contributed by atoms with E-state index in [1.54, 1.807) is 42.5 Å². The van der Waals surface area contributed by atoms with E-state index < -0.39 is 46.8 Å². The molecular formula is C38H31ClN2O6S. The number of ether oxygens (including phenoxy) is 1. The fourth-order valence-corrected chi connectivity index (χ4v) is 9.68. The number of allylic oxidation sites excluding steroid dienone is 2. The number of carbonyl (C=O) groups excluding carboxylic acids is 4. The second-order valence-corrected chi connectivity index (χ2v) is 14.3. The first-order valence-electron chi connectivity index (χ1n) is 15.9. The van der Waals surface area contributed by atoms with Gasteiger partial charge in [0.25, 0.3) is 0 Å². The van der Waals surface area contributed by atoms with Crippen molar-refractivity contribution in [2.75, 3.05) is 12.0 Å². The van der Waals surface area contributed by atoms with E-state index in [1.165, 1.54) is 28.2 Å². The smallest absolute Gasteiger partial charge is 0.246 e. The molecule has 3 fully saturated rings. The Bertz CT molecular complexity index is 2010. The topological polar surface area (TPSA) is 104 Å². The molecule has 48 heavy (non-hydrogen) atoms. The fourth-order valence-electron chi connectivity index (χ4n) is 8.80. The number of amides is 4. The summed E-state index contributed by atoms with van der Waals surface area (Å²) in [6, 6.07) is 24.8. The molecule has 1 aromatic heterocycles. The van der Waals surface area contributed by atoms with Crippen molar-refractivity contribution in [2.24, 2.45) is 23.7 Å². The molecule has 1 N–H and O–H groups in total. The Balaban J connectivity index is 1.36. The molecule has 8 nitrogen and oxygen atoms in total. The number of hydrogen-bond donors (Lipinski definition) is 1. The molecule has 4 amide bonds. The zero-order valence-electron chi connectivity index (χ0n) is 25.9. The van der Waals surface area contributed by atoms with Gasteiger partial charge in [0.05, 0.1) is 42.5 Å². The molecule has 3 heterocycles. The molecule has 8 rings (SSSR count). The lowest BCUT2D eigenvalue weighted by atomic mass is 9.49. The molecular weight excluding hydrogens is 648 g/mol. The molecule has 242 valence electrons. The third kappa shape index (κ3) is 4.26.